The van der Waals surface area contributed by atoms with Crippen molar-refractivity contribution in [2.75, 3.05) is 0 Å². The van der Waals surface area contributed by atoms with Crippen LogP contribution in [0.3, 0.4) is 0 Å². The molecule has 0 aromatic rings. The zero-order chi connectivity index (χ0) is 15.4. The summed E-state index contributed by atoms with van der Waals surface area (Å²) < 4.78 is 6.45. The number of hydrogen-bond acceptors (Lipinski definition) is 1. The molecule has 1 nitrogen and oxygen atoms in total. The summed E-state index contributed by atoms with van der Waals surface area (Å²) >= 11 is 0. The van der Waals surface area contributed by atoms with Crippen molar-refractivity contribution in [3.63, 3.8) is 0 Å². The maximum absolute atomic E-state index is 6.45. The van der Waals surface area contributed by atoms with E-state index < -0.39 is 0 Å². The first-order chi connectivity index (χ1) is 9.95. The second kappa shape index (κ2) is 7.63. The third kappa shape index (κ3) is 4.98. The first kappa shape index (κ1) is 16.8. The fourth-order valence-electron chi connectivity index (χ4n) is 4.05. The molecule has 1 heterocycles. The van der Waals surface area contributed by atoms with Crippen LogP contribution in [0.25, 0.3) is 0 Å². The maximum atomic E-state index is 6.45. The van der Waals surface area contributed by atoms with Crippen molar-refractivity contribution in [1.29, 1.82) is 0 Å². The molecule has 1 aliphatic carbocycles. The van der Waals surface area contributed by atoms with Crippen molar-refractivity contribution in [1.82, 2.24) is 0 Å². The van der Waals surface area contributed by atoms with Crippen molar-refractivity contribution in [3.8, 4) is 0 Å². The van der Waals surface area contributed by atoms with Crippen LogP contribution < -0.4 is 0 Å². The van der Waals surface area contributed by atoms with Gasteiger partial charge in [-0.25, -0.2) is 0 Å². The lowest BCUT2D eigenvalue weighted by atomic mass is 9.74. The quantitative estimate of drug-likeness (QED) is 0.572. The van der Waals surface area contributed by atoms with Gasteiger partial charge in [0.25, 0.3) is 0 Å². The van der Waals surface area contributed by atoms with Crippen LogP contribution in [-0.2, 0) is 4.74 Å². The lowest BCUT2D eigenvalue weighted by Gasteiger charge is -2.43. The predicted molar refractivity (Wildman–Crippen MR) is 91.4 cm³/mol. The van der Waals surface area contributed by atoms with E-state index in [-0.39, 0.29) is 0 Å². The molecule has 0 spiro atoms. The van der Waals surface area contributed by atoms with Gasteiger partial charge >= 0.3 is 0 Å². The smallest absolute Gasteiger partial charge is 0.0646 e. The lowest BCUT2D eigenvalue weighted by molar-refractivity contribution is -0.0906. The Kier molecular flexibility index (Phi) is 6.10. The average molecular weight is 290 g/mol. The molecule has 1 aliphatic heterocycles. The van der Waals surface area contributed by atoms with Crippen molar-refractivity contribution in [2.45, 2.75) is 84.8 Å². The molecule has 0 amide bonds. The molecule has 0 aromatic carbocycles. The fraction of sp³-hybridized carbons (Fsp3) is 0.800. The molecule has 1 heteroatoms. The third-order valence-electron chi connectivity index (χ3n) is 5.31. The standard InChI is InChI=1S/C20H34O/c1-14(2)7-6-8-15(3)11-18-13-17(5)19-10-9-16(4)12-20(19)21-18/h7,15-16,18-20H,5-6,8-13H2,1-4H3/t15-,16-,18+,19-,20+/m1/s1. The van der Waals surface area contributed by atoms with Gasteiger partial charge in [-0.3, -0.25) is 0 Å². The number of allylic oxidation sites excluding steroid dienone is 2. The van der Waals surface area contributed by atoms with Gasteiger partial charge in [0, 0.05) is 5.92 Å². The van der Waals surface area contributed by atoms with Crippen LogP contribution in [0.4, 0.5) is 0 Å². The Bertz CT molecular complexity index is 377. The zero-order valence-electron chi connectivity index (χ0n) is 14.5. The Labute approximate surface area is 131 Å². The Balaban J connectivity index is 1.81. The average Bonchev–Trinajstić information content (AvgIpc) is 2.37. The molecular formula is C20H34O. The SMILES string of the molecule is C=C1C[C@H](C[C@H](C)CCC=C(C)C)O[C@H]2C[C@H](C)CC[C@H]12. The van der Waals surface area contributed by atoms with E-state index in [1.807, 2.05) is 0 Å². The van der Waals surface area contributed by atoms with Gasteiger partial charge in [0.15, 0.2) is 0 Å². The van der Waals surface area contributed by atoms with E-state index in [0.717, 1.165) is 18.3 Å². The van der Waals surface area contributed by atoms with Gasteiger partial charge in [-0.15, -0.1) is 0 Å². The molecule has 0 bridgehead atoms. The van der Waals surface area contributed by atoms with E-state index in [0.29, 0.717) is 18.1 Å². The molecule has 21 heavy (non-hydrogen) atoms. The minimum atomic E-state index is 0.422. The van der Waals surface area contributed by atoms with Gasteiger partial charge in [-0.2, -0.15) is 0 Å². The second-order valence-electron chi connectivity index (χ2n) is 7.88. The molecule has 2 fully saturated rings. The topological polar surface area (TPSA) is 9.23 Å². The third-order valence-corrected chi connectivity index (χ3v) is 5.31. The second-order valence-corrected chi connectivity index (χ2v) is 7.88. The number of hydrogen-bond donors (Lipinski definition) is 0. The fourth-order valence-corrected chi connectivity index (χ4v) is 4.05. The first-order valence-electron chi connectivity index (χ1n) is 8.92. The van der Waals surface area contributed by atoms with Crippen molar-refractivity contribution >= 4 is 0 Å². The molecule has 0 N–H and O–H groups in total. The summed E-state index contributed by atoms with van der Waals surface area (Å²) in [7, 11) is 0. The van der Waals surface area contributed by atoms with Gasteiger partial charge < -0.3 is 4.74 Å². The molecule has 2 aliphatic rings. The molecule has 120 valence electrons. The van der Waals surface area contributed by atoms with Gasteiger partial charge in [0.05, 0.1) is 12.2 Å². The molecule has 0 radical (unpaired) electrons. The molecule has 1 saturated heterocycles. The molecular weight excluding hydrogens is 256 g/mol. The normalized spacial score (nSPS) is 34.2. The summed E-state index contributed by atoms with van der Waals surface area (Å²) in [5.74, 6) is 2.22. The lowest BCUT2D eigenvalue weighted by Crippen LogP contribution is -2.40. The largest absolute Gasteiger partial charge is 0.374 e. The van der Waals surface area contributed by atoms with Crippen molar-refractivity contribution in [3.05, 3.63) is 23.8 Å². The maximum Gasteiger partial charge on any atom is 0.0646 e. The van der Waals surface area contributed by atoms with Crippen LogP contribution in [0.2, 0.25) is 0 Å². The van der Waals surface area contributed by atoms with E-state index in [1.54, 1.807) is 0 Å². The van der Waals surface area contributed by atoms with Gasteiger partial charge in [0.1, 0.15) is 0 Å². The summed E-state index contributed by atoms with van der Waals surface area (Å²) in [6.07, 6.45) is 11.9. The Morgan fingerprint density at radius 3 is 2.86 bits per heavy atom. The van der Waals surface area contributed by atoms with Crippen LogP contribution in [-0.4, -0.2) is 12.2 Å². The van der Waals surface area contributed by atoms with Crippen LogP contribution in [0.15, 0.2) is 23.8 Å². The molecule has 0 unspecified atom stereocenters. The highest BCUT2D eigenvalue weighted by Gasteiger charge is 2.37. The van der Waals surface area contributed by atoms with Gasteiger partial charge in [0.2, 0.25) is 0 Å². The summed E-state index contributed by atoms with van der Waals surface area (Å²) in [5.41, 5.74) is 2.91. The molecule has 2 rings (SSSR count). The highest BCUT2D eigenvalue weighted by atomic mass is 16.5. The molecule has 5 atom stereocenters. The van der Waals surface area contributed by atoms with E-state index in [9.17, 15) is 0 Å². The van der Waals surface area contributed by atoms with E-state index in [1.165, 1.54) is 49.7 Å². The van der Waals surface area contributed by atoms with Crippen LogP contribution >= 0.6 is 0 Å². The number of ether oxygens (including phenoxy) is 1. The number of fused-ring (bicyclic) bond motifs is 1. The summed E-state index contributed by atoms with van der Waals surface area (Å²) in [4.78, 5) is 0. The van der Waals surface area contributed by atoms with Crippen LogP contribution in [0.1, 0.15) is 72.6 Å². The number of rotatable bonds is 5. The molecule has 0 aromatic heterocycles. The monoisotopic (exact) mass is 290 g/mol. The highest BCUT2D eigenvalue weighted by Crippen LogP contribution is 2.41. The van der Waals surface area contributed by atoms with Crippen molar-refractivity contribution < 1.29 is 4.74 Å². The van der Waals surface area contributed by atoms with Crippen LogP contribution in [0, 0.1) is 17.8 Å². The summed E-state index contributed by atoms with van der Waals surface area (Å²) in [6, 6.07) is 0. The van der Waals surface area contributed by atoms with Crippen LogP contribution in [0.5, 0.6) is 0 Å². The highest BCUT2D eigenvalue weighted by molar-refractivity contribution is 5.10. The Morgan fingerprint density at radius 2 is 2.14 bits per heavy atom. The van der Waals surface area contributed by atoms with Gasteiger partial charge in [-0.1, -0.05) is 37.6 Å². The summed E-state index contributed by atoms with van der Waals surface area (Å²) in [6.45, 7) is 13.5. The minimum Gasteiger partial charge on any atom is -0.374 e. The molecule has 1 saturated carbocycles. The Hall–Kier alpha value is -0.560. The van der Waals surface area contributed by atoms with E-state index >= 15 is 0 Å². The minimum absolute atomic E-state index is 0.422. The zero-order valence-corrected chi connectivity index (χ0v) is 14.5. The van der Waals surface area contributed by atoms with Crippen molar-refractivity contribution in [2.24, 2.45) is 17.8 Å². The summed E-state index contributed by atoms with van der Waals surface area (Å²) in [5, 5.41) is 0. The van der Waals surface area contributed by atoms with Gasteiger partial charge in [-0.05, 0) is 70.6 Å². The Morgan fingerprint density at radius 1 is 1.38 bits per heavy atom. The van der Waals surface area contributed by atoms with E-state index in [4.69, 9.17) is 4.74 Å². The predicted octanol–water partition coefficient (Wildman–Crippen LogP) is 5.91. The van der Waals surface area contributed by atoms with E-state index in [2.05, 4.69) is 40.3 Å². The first-order valence-corrected chi connectivity index (χ1v) is 8.92.